The van der Waals surface area contributed by atoms with Gasteiger partial charge in [0.05, 0.1) is 81.6 Å². The summed E-state index contributed by atoms with van der Waals surface area (Å²) < 4.78 is 37.3. The number of hydrogen-bond acceptors (Lipinski definition) is 15. The van der Waals surface area contributed by atoms with Crippen LogP contribution in [0.3, 0.4) is 0 Å². The van der Waals surface area contributed by atoms with Crippen LogP contribution >= 0.6 is 0 Å². The third kappa shape index (κ3) is 11.7. The molecule has 1 atom stereocenters. The number of benzene rings is 2. The number of ether oxygens (including phenoxy) is 4. The van der Waals surface area contributed by atoms with E-state index < -0.39 is 35.5 Å². The van der Waals surface area contributed by atoms with Crippen LogP contribution in [-0.2, 0) is 38.1 Å². The van der Waals surface area contributed by atoms with Crippen molar-refractivity contribution >= 4 is 69.1 Å². The van der Waals surface area contributed by atoms with E-state index in [-0.39, 0.29) is 72.3 Å². The fourth-order valence-corrected chi connectivity index (χ4v) is 7.02. The van der Waals surface area contributed by atoms with Gasteiger partial charge < -0.3 is 46.4 Å². The normalized spacial score (nSPS) is 14.8. The molecule has 334 valence electrons. The van der Waals surface area contributed by atoms with E-state index in [1.54, 1.807) is 31.2 Å². The lowest BCUT2D eigenvalue weighted by atomic mass is 9.97. The maximum Gasteiger partial charge on any atom is 0.264 e. The summed E-state index contributed by atoms with van der Waals surface area (Å²) in [6.07, 6.45) is 5.08. The molecule has 0 aliphatic carbocycles. The van der Waals surface area contributed by atoms with Gasteiger partial charge in [0.2, 0.25) is 23.6 Å². The van der Waals surface area contributed by atoms with Gasteiger partial charge in [-0.2, -0.15) is 0 Å². The van der Waals surface area contributed by atoms with Gasteiger partial charge in [0.15, 0.2) is 5.82 Å². The highest BCUT2D eigenvalue weighted by Gasteiger charge is 2.45. The van der Waals surface area contributed by atoms with Crippen molar-refractivity contribution in [2.75, 3.05) is 88.0 Å². The van der Waals surface area contributed by atoms with E-state index in [4.69, 9.17) is 30.4 Å². The van der Waals surface area contributed by atoms with Crippen molar-refractivity contribution in [1.82, 2.24) is 25.5 Å². The minimum atomic E-state index is -1.03. The summed E-state index contributed by atoms with van der Waals surface area (Å²) in [6, 6.07) is 7.04. The quantitative estimate of drug-likeness (QED) is 0.0356. The number of amides is 6. The van der Waals surface area contributed by atoms with Crippen LogP contribution in [0, 0.1) is 12.7 Å². The second-order valence-corrected chi connectivity index (χ2v) is 14.6. The molecule has 0 saturated carbocycles. The van der Waals surface area contributed by atoms with E-state index in [1.165, 1.54) is 24.7 Å². The molecule has 2 aliphatic heterocycles. The number of rotatable bonds is 23. The third-order valence-electron chi connectivity index (χ3n) is 10.3. The van der Waals surface area contributed by atoms with Gasteiger partial charge in [-0.05, 0) is 55.0 Å². The van der Waals surface area contributed by atoms with Crippen molar-refractivity contribution in [3.63, 3.8) is 0 Å². The molecule has 19 nitrogen and oxygen atoms in total. The topological polar surface area (TPSA) is 269 Å². The number of aromatic nitrogens is 2. The van der Waals surface area contributed by atoms with E-state index >= 15 is 4.39 Å². The molecule has 1 saturated heterocycles. The van der Waals surface area contributed by atoms with Gasteiger partial charge in [-0.1, -0.05) is 6.07 Å². The molecule has 63 heavy (non-hydrogen) atoms. The molecule has 1 fully saturated rings. The summed E-state index contributed by atoms with van der Waals surface area (Å²) >= 11 is 0. The Bertz CT molecular complexity index is 2360. The van der Waals surface area contributed by atoms with Crippen LogP contribution < -0.4 is 32.7 Å². The van der Waals surface area contributed by atoms with Crippen LogP contribution in [0.2, 0.25) is 0 Å². The molecule has 6 rings (SSSR count). The van der Waals surface area contributed by atoms with E-state index in [1.807, 2.05) is 0 Å². The van der Waals surface area contributed by atoms with E-state index in [0.717, 1.165) is 4.90 Å². The minimum absolute atomic E-state index is 0.0471. The molecular weight excluding hydrogens is 822 g/mol. The van der Waals surface area contributed by atoms with Gasteiger partial charge in [-0.3, -0.25) is 44.0 Å². The fourth-order valence-electron chi connectivity index (χ4n) is 7.02. The van der Waals surface area contributed by atoms with Gasteiger partial charge in [0.1, 0.15) is 11.9 Å². The number of carbonyl (C=O) groups excluding carboxylic acids is 6. The van der Waals surface area contributed by atoms with Crippen LogP contribution in [0.15, 0.2) is 48.9 Å². The van der Waals surface area contributed by atoms with E-state index in [9.17, 15) is 28.8 Å². The molecule has 8 N–H and O–H groups in total. The standard InChI is InChI=1S/C43H50FN9O10/c1-25-29(22-47-24-31(25)45)28-20-26-21-34(50-23-30(26)40(46)39(28)44)51-36(55)7-3-6-35(54)49-11-13-61-15-17-63-19-18-62-16-14-60-12-10-48-32-5-2-4-27-38(32)43(59)53(42(27)58)33-8-9-37(56)52-41(33)57/h2,4-5,20-24,33,48H,3,6-19,45-46H2,1H3,(H,49,54)(H,50,51,55)(H,52,56,57). The van der Waals surface area contributed by atoms with Crippen LogP contribution in [0.4, 0.5) is 27.3 Å². The van der Waals surface area contributed by atoms with Crippen LogP contribution in [0.25, 0.3) is 21.9 Å². The maximum atomic E-state index is 15.2. The Labute approximate surface area is 361 Å². The van der Waals surface area contributed by atoms with E-state index in [2.05, 4.69) is 31.2 Å². The Kier molecular flexibility index (Phi) is 16.0. The predicted molar refractivity (Wildman–Crippen MR) is 229 cm³/mol. The minimum Gasteiger partial charge on any atom is -0.397 e. The van der Waals surface area contributed by atoms with Crippen LogP contribution in [0.1, 0.15) is 58.4 Å². The zero-order valence-corrected chi connectivity index (χ0v) is 34.8. The maximum absolute atomic E-state index is 15.2. The molecule has 0 radical (unpaired) electrons. The lowest BCUT2D eigenvalue weighted by Crippen LogP contribution is -2.54. The number of piperidine rings is 1. The first kappa shape index (κ1) is 45.9. The number of halogens is 1. The number of carbonyl (C=O) groups is 6. The Morgan fingerprint density at radius 3 is 2.24 bits per heavy atom. The third-order valence-corrected chi connectivity index (χ3v) is 10.3. The lowest BCUT2D eigenvalue weighted by Gasteiger charge is -2.27. The molecule has 2 aromatic carbocycles. The second-order valence-electron chi connectivity index (χ2n) is 14.6. The fraction of sp³-hybridized carbons (Fsp3) is 0.395. The molecule has 4 heterocycles. The number of nitrogen functional groups attached to an aromatic ring is 2. The SMILES string of the molecule is Cc1c(N)cncc1-c1cc2cc(NC(=O)CCCC(=O)NCCOCCOCCOCCOCCNc3cccc4c3C(=O)N(C3CCC(=O)NC3=O)C4=O)ncc2c(N)c1F. The first-order valence-electron chi connectivity index (χ1n) is 20.5. The highest BCUT2D eigenvalue weighted by Crippen LogP contribution is 2.36. The molecule has 1 unspecified atom stereocenters. The first-order chi connectivity index (χ1) is 30.4. The Morgan fingerprint density at radius 2 is 1.52 bits per heavy atom. The van der Waals surface area contributed by atoms with Crippen molar-refractivity contribution in [3.8, 4) is 11.1 Å². The lowest BCUT2D eigenvalue weighted by molar-refractivity contribution is -0.136. The summed E-state index contributed by atoms with van der Waals surface area (Å²) in [4.78, 5) is 84.1. The molecule has 2 aliphatic rings. The first-order valence-corrected chi connectivity index (χ1v) is 20.5. The zero-order chi connectivity index (χ0) is 44.9. The van der Waals surface area contributed by atoms with Crippen molar-refractivity contribution in [3.05, 3.63) is 71.4 Å². The highest BCUT2D eigenvalue weighted by molar-refractivity contribution is 6.25. The Morgan fingerprint density at radius 1 is 0.841 bits per heavy atom. The second kappa shape index (κ2) is 22.0. The number of imide groups is 2. The summed E-state index contributed by atoms with van der Waals surface area (Å²) in [5, 5.41) is 11.7. The van der Waals surface area contributed by atoms with Crippen LogP contribution in [0.5, 0.6) is 0 Å². The molecule has 6 amide bonds. The number of fused-ring (bicyclic) bond motifs is 2. The molecule has 0 spiro atoms. The number of nitrogens with two attached hydrogens (primary N) is 2. The number of nitrogens with one attached hydrogen (secondary N) is 4. The Hall–Kier alpha value is -6.61. The molecular formula is C43H50FN9O10. The van der Waals surface area contributed by atoms with Gasteiger partial charge >= 0.3 is 0 Å². The van der Waals surface area contributed by atoms with E-state index in [0.29, 0.717) is 99.0 Å². The monoisotopic (exact) mass is 871 g/mol. The summed E-state index contributed by atoms with van der Waals surface area (Å²) in [7, 11) is 0. The van der Waals surface area contributed by atoms with Crippen molar-refractivity contribution in [1.29, 1.82) is 0 Å². The summed E-state index contributed by atoms with van der Waals surface area (Å²) in [6.45, 7) is 5.05. The highest BCUT2D eigenvalue weighted by atomic mass is 19.1. The number of anilines is 4. The number of pyridine rings is 2. The number of nitrogens with zero attached hydrogens (tertiary/aromatic N) is 3. The van der Waals surface area contributed by atoms with Crippen molar-refractivity contribution in [2.45, 2.75) is 45.1 Å². The smallest absolute Gasteiger partial charge is 0.264 e. The molecule has 4 aromatic rings. The zero-order valence-electron chi connectivity index (χ0n) is 34.8. The average Bonchev–Trinajstić information content (AvgIpc) is 3.51. The van der Waals surface area contributed by atoms with Gasteiger partial charge in [0, 0.05) is 66.9 Å². The van der Waals surface area contributed by atoms with Crippen LogP contribution in [-0.4, -0.2) is 122 Å². The number of hydrogen-bond donors (Lipinski definition) is 6. The summed E-state index contributed by atoms with van der Waals surface area (Å²) in [5.74, 6) is -3.14. The summed E-state index contributed by atoms with van der Waals surface area (Å²) in [5.41, 5.74) is 14.7. The largest absolute Gasteiger partial charge is 0.397 e. The van der Waals surface area contributed by atoms with Gasteiger partial charge in [-0.25, -0.2) is 9.37 Å². The molecule has 2 aromatic heterocycles. The average molecular weight is 872 g/mol. The molecule has 20 heteroatoms. The Balaban J connectivity index is 0.754. The van der Waals surface area contributed by atoms with Gasteiger partial charge in [0.25, 0.3) is 11.8 Å². The van der Waals surface area contributed by atoms with Gasteiger partial charge in [-0.15, -0.1) is 0 Å². The molecule has 0 bridgehead atoms. The predicted octanol–water partition coefficient (Wildman–Crippen LogP) is 2.71. The van der Waals surface area contributed by atoms with Crippen molar-refractivity contribution in [2.24, 2.45) is 0 Å². The van der Waals surface area contributed by atoms with Crippen molar-refractivity contribution < 1.29 is 52.1 Å².